The van der Waals surface area contributed by atoms with Gasteiger partial charge in [0.15, 0.2) is 0 Å². The van der Waals surface area contributed by atoms with E-state index in [9.17, 15) is 9.59 Å². The predicted octanol–water partition coefficient (Wildman–Crippen LogP) is 3.09. The summed E-state index contributed by atoms with van der Waals surface area (Å²) in [5, 5.41) is 0.823. The number of furan rings is 1. The van der Waals surface area contributed by atoms with Crippen LogP contribution in [0.25, 0.3) is 22.1 Å². The molecule has 0 saturated carbocycles. The highest BCUT2D eigenvalue weighted by Gasteiger charge is 2.29. The average Bonchev–Trinajstić information content (AvgIpc) is 3.05. The molecule has 1 aliphatic rings. The zero-order valence-corrected chi connectivity index (χ0v) is 17.7. The van der Waals surface area contributed by atoms with Crippen molar-refractivity contribution in [1.29, 1.82) is 0 Å². The molecule has 1 aromatic carbocycles. The molecular weight excluding hydrogens is 424 g/mol. The molecule has 1 unspecified atom stereocenters. The minimum Gasteiger partial charge on any atom is -0.449 e. The first-order chi connectivity index (χ1) is 13.3. The molecule has 0 aliphatic carbocycles. The van der Waals surface area contributed by atoms with Crippen LogP contribution in [0.3, 0.4) is 0 Å². The summed E-state index contributed by atoms with van der Waals surface area (Å²) in [6.07, 6.45) is 1.56. The predicted molar refractivity (Wildman–Crippen MR) is 112 cm³/mol. The number of rotatable bonds is 3. The summed E-state index contributed by atoms with van der Waals surface area (Å²) in [5.74, 6) is 0.937. The maximum Gasteiger partial charge on any atom is 0.294 e. The van der Waals surface area contributed by atoms with Crippen molar-refractivity contribution in [2.45, 2.75) is 31.7 Å². The standard InChI is InChI=1S/C20H23BrN4O3/c1-11(24(2)3)20(27)25-8-6-12(7-9-25)18-22-16-14-10-13(21)4-5-15(14)28-17(16)19(26)23-18/h4-5,10-12H,6-9H2,1-3H3,(H,22,23,26). The van der Waals surface area contributed by atoms with Crippen LogP contribution in [0.1, 0.15) is 31.5 Å². The normalized spacial score (nSPS) is 17.0. The number of aromatic amines is 1. The first kappa shape index (κ1) is 19.1. The van der Waals surface area contributed by atoms with Crippen molar-refractivity contribution in [3.63, 3.8) is 0 Å². The third-order valence-electron chi connectivity index (χ3n) is 5.63. The van der Waals surface area contributed by atoms with Crippen LogP contribution in [0.5, 0.6) is 0 Å². The molecule has 1 aliphatic heterocycles. The Kier molecular flexibility index (Phi) is 5.01. The minimum absolute atomic E-state index is 0.118. The number of amides is 1. The number of fused-ring (bicyclic) bond motifs is 3. The molecule has 8 heteroatoms. The Bertz CT molecular complexity index is 1100. The van der Waals surface area contributed by atoms with E-state index in [-0.39, 0.29) is 29.0 Å². The number of carbonyl (C=O) groups excluding carboxylic acids is 1. The van der Waals surface area contributed by atoms with Crippen molar-refractivity contribution in [2.75, 3.05) is 27.2 Å². The summed E-state index contributed by atoms with van der Waals surface area (Å²) in [5.41, 5.74) is 1.23. The number of aromatic nitrogens is 2. The van der Waals surface area contributed by atoms with Crippen molar-refractivity contribution < 1.29 is 9.21 Å². The van der Waals surface area contributed by atoms with Crippen LogP contribution >= 0.6 is 15.9 Å². The van der Waals surface area contributed by atoms with Gasteiger partial charge in [-0.3, -0.25) is 14.5 Å². The van der Waals surface area contributed by atoms with E-state index >= 15 is 0 Å². The number of H-pyrrole nitrogens is 1. The van der Waals surface area contributed by atoms with E-state index < -0.39 is 0 Å². The van der Waals surface area contributed by atoms with Crippen molar-refractivity contribution in [3.8, 4) is 0 Å². The van der Waals surface area contributed by atoms with Gasteiger partial charge >= 0.3 is 0 Å². The Balaban J connectivity index is 1.60. The largest absolute Gasteiger partial charge is 0.449 e. The van der Waals surface area contributed by atoms with Gasteiger partial charge in [0.25, 0.3) is 5.56 Å². The fourth-order valence-corrected chi connectivity index (χ4v) is 4.06. The van der Waals surface area contributed by atoms with Gasteiger partial charge in [-0.1, -0.05) is 15.9 Å². The number of likely N-dealkylation sites (N-methyl/N-ethyl adjacent to an activating group) is 1. The van der Waals surface area contributed by atoms with Gasteiger partial charge in [0.1, 0.15) is 16.9 Å². The summed E-state index contributed by atoms with van der Waals surface area (Å²) in [6.45, 7) is 3.26. The lowest BCUT2D eigenvalue weighted by molar-refractivity contribution is -0.136. The van der Waals surface area contributed by atoms with E-state index in [1.54, 1.807) is 0 Å². The summed E-state index contributed by atoms with van der Waals surface area (Å²) >= 11 is 3.46. The van der Waals surface area contributed by atoms with Gasteiger partial charge in [0.05, 0.1) is 6.04 Å². The number of nitrogens with zero attached hydrogens (tertiary/aromatic N) is 3. The molecule has 0 bridgehead atoms. The molecule has 1 N–H and O–H groups in total. The van der Waals surface area contributed by atoms with E-state index in [1.807, 2.05) is 49.0 Å². The number of benzene rings is 1. The van der Waals surface area contributed by atoms with Crippen LogP contribution in [0.2, 0.25) is 0 Å². The van der Waals surface area contributed by atoms with Crippen molar-refractivity contribution >= 4 is 43.9 Å². The smallest absolute Gasteiger partial charge is 0.294 e. The maximum absolute atomic E-state index is 12.6. The van der Waals surface area contributed by atoms with Gasteiger partial charge < -0.3 is 14.3 Å². The van der Waals surface area contributed by atoms with Crippen LogP contribution in [-0.4, -0.2) is 58.9 Å². The zero-order chi connectivity index (χ0) is 20.0. The highest BCUT2D eigenvalue weighted by molar-refractivity contribution is 9.10. The Morgan fingerprint density at radius 3 is 2.75 bits per heavy atom. The van der Waals surface area contributed by atoms with Crippen LogP contribution in [0.15, 0.2) is 31.9 Å². The van der Waals surface area contributed by atoms with Gasteiger partial charge in [-0.2, -0.15) is 0 Å². The molecule has 1 atom stereocenters. The van der Waals surface area contributed by atoms with Crippen LogP contribution < -0.4 is 5.56 Å². The molecule has 1 saturated heterocycles. The summed E-state index contributed by atoms with van der Waals surface area (Å²) in [7, 11) is 3.82. The molecule has 0 spiro atoms. The fourth-order valence-electron chi connectivity index (χ4n) is 3.70. The SMILES string of the molecule is CC(C(=O)N1CCC(c2nc3c(oc4ccc(Br)cc43)c(=O)[nH]2)CC1)N(C)C. The second-order valence-electron chi connectivity index (χ2n) is 7.61. The fraction of sp³-hybridized carbons (Fsp3) is 0.450. The Morgan fingerprint density at radius 2 is 2.07 bits per heavy atom. The Morgan fingerprint density at radius 1 is 1.36 bits per heavy atom. The number of nitrogens with one attached hydrogen (secondary N) is 1. The molecule has 1 amide bonds. The molecule has 4 rings (SSSR count). The topological polar surface area (TPSA) is 82.4 Å². The lowest BCUT2D eigenvalue weighted by Gasteiger charge is -2.34. The Labute approximate surface area is 170 Å². The molecule has 7 nitrogen and oxygen atoms in total. The van der Waals surface area contributed by atoms with E-state index in [0.29, 0.717) is 30.0 Å². The van der Waals surface area contributed by atoms with Gasteiger partial charge in [0, 0.05) is 28.9 Å². The average molecular weight is 447 g/mol. The molecule has 0 radical (unpaired) electrons. The maximum atomic E-state index is 12.6. The van der Waals surface area contributed by atoms with Gasteiger partial charge in [0.2, 0.25) is 11.5 Å². The molecular formula is C20H23BrN4O3. The molecule has 148 valence electrons. The lowest BCUT2D eigenvalue weighted by atomic mass is 9.95. The second-order valence-corrected chi connectivity index (χ2v) is 8.53. The second kappa shape index (κ2) is 7.33. The molecule has 3 aromatic rings. The molecule has 2 aromatic heterocycles. The van der Waals surface area contributed by atoms with E-state index in [2.05, 4.69) is 20.9 Å². The number of likely N-dealkylation sites (tertiary alicyclic amines) is 1. The number of piperidine rings is 1. The van der Waals surface area contributed by atoms with Gasteiger partial charge in [-0.25, -0.2) is 4.98 Å². The number of hydrogen-bond acceptors (Lipinski definition) is 5. The molecule has 3 heterocycles. The highest BCUT2D eigenvalue weighted by atomic mass is 79.9. The van der Waals surface area contributed by atoms with Crippen LogP contribution in [-0.2, 0) is 4.79 Å². The summed E-state index contributed by atoms with van der Waals surface area (Å²) in [6, 6.07) is 5.49. The number of halogens is 1. The first-order valence-corrected chi connectivity index (χ1v) is 10.2. The third kappa shape index (κ3) is 3.35. The van der Waals surface area contributed by atoms with Gasteiger partial charge in [-0.15, -0.1) is 0 Å². The zero-order valence-electron chi connectivity index (χ0n) is 16.2. The molecule has 1 fully saturated rings. The lowest BCUT2D eigenvalue weighted by Crippen LogP contribution is -2.47. The highest BCUT2D eigenvalue weighted by Crippen LogP contribution is 2.31. The number of carbonyl (C=O) groups is 1. The Hall–Kier alpha value is -2.19. The molecule has 28 heavy (non-hydrogen) atoms. The quantitative estimate of drug-likeness (QED) is 0.668. The van der Waals surface area contributed by atoms with Crippen LogP contribution in [0, 0.1) is 0 Å². The summed E-state index contributed by atoms with van der Waals surface area (Å²) in [4.78, 5) is 36.6. The van der Waals surface area contributed by atoms with Gasteiger partial charge in [-0.05, 0) is 52.1 Å². The monoisotopic (exact) mass is 446 g/mol. The van der Waals surface area contributed by atoms with Crippen molar-refractivity contribution in [3.05, 3.63) is 38.9 Å². The van der Waals surface area contributed by atoms with Crippen molar-refractivity contribution in [2.24, 2.45) is 0 Å². The van der Waals surface area contributed by atoms with Crippen LogP contribution in [0.4, 0.5) is 0 Å². The summed E-state index contributed by atoms with van der Waals surface area (Å²) < 4.78 is 6.60. The minimum atomic E-state index is -0.257. The van der Waals surface area contributed by atoms with E-state index in [0.717, 1.165) is 22.7 Å². The third-order valence-corrected chi connectivity index (χ3v) is 6.12. The number of hydrogen-bond donors (Lipinski definition) is 1. The van der Waals surface area contributed by atoms with E-state index in [1.165, 1.54) is 0 Å². The van der Waals surface area contributed by atoms with Crippen molar-refractivity contribution in [1.82, 2.24) is 19.8 Å². The van der Waals surface area contributed by atoms with E-state index in [4.69, 9.17) is 9.40 Å². The first-order valence-electron chi connectivity index (χ1n) is 9.42.